The van der Waals surface area contributed by atoms with E-state index in [0.29, 0.717) is 0 Å². The van der Waals surface area contributed by atoms with Crippen molar-refractivity contribution >= 4 is 12.0 Å². The number of ether oxygens (including phenoxy) is 1. The molecule has 1 N–H and O–H groups in total. The average Bonchev–Trinajstić information content (AvgIpc) is 2.27. The molecule has 0 atom stereocenters. The molecule has 1 aromatic rings. The molecule has 0 aliphatic rings. The largest absolute Gasteiger partial charge is 0.442 e. The Morgan fingerprint density at radius 2 is 1.74 bits per heavy atom. The lowest BCUT2D eigenvalue weighted by Gasteiger charge is -2.24. The summed E-state index contributed by atoms with van der Waals surface area (Å²) in [5.74, 6) is -0.953. The Hall–Kier alpha value is -2.11. The van der Waals surface area contributed by atoms with Crippen molar-refractivity contribution in [3.05, 3.63) is 35.6 Å². The molecule has 104 valence electrons. The fourth-order valence-electron chi connectivity index (χ4n) is 1.19. The van der Waals surface area contributed by atoms with Gasteiger partial charge in [0.1, 0.15) is 11.4 Å². The van der Waals surface area contributed by atoms with Crippen LogP contribution in [0.1, 0.15) is 31.1 Å². The molecule has 0 spiro atoms. The first-order valence-electron chi connectivity index (χ1n) is 5.72. The second kappa shape index (κ2) is 5.69. The summed E-state index contributed by atoms with van der Waals surface area (Å²) >= 11 is 0. The second-order valence-corrected chi connectivity index (χ2v) is 4.99. The van der Waals surface area contributed by atoms with E-state index in [1.54, 1.807) is 20.8 Å². The van der Waals surface area contributed by atoms with Crippen molar-refractivity contribution in [2.45, 2.75) is 26.4 Å². The molecule has 6 heteroatoms. The molecule has 1 rings (SSSR count). The molecular weight excluding hydrogens is 251 g/mol. The SMILES string of the molecule is CN(NC(=O)c1ccc(F)cc1)C(=O)OC(C)(C)C. The zero-order valence-corrected chi connectivity index (χ0v) is 11.4. The van der Waals surface area contributed by atoms with Crippen molar-refractivity contribution in [2.24, 2.45) is 0 Å². The zero-order chi connectivity index (χ0) is 14.6. The van der Waals surface area contributed by atoms with Crippen LogP contribution < -0.4 is 5.43 Å². The maximum Gasteiger partial charge on any atom is 0.428 e. The predicted octanol–water partition coefficient (Wildman–Crippen LogP) is 2.34. The zero-order valence-electron chi connectivity index (χ0n) is 11.4. The molecule has 5 nitrogen and oxygen atoms in total. The molecule has 0 aliphatic heterocycles. The smallest absolute Gasteiger partial charge is 0.428 e. The van der Waals surface area contributed by atoms with E-state index >= 15 is 0 Å². The molecule has 19 heavy (non-hydrogen) atoms. The summed E-state index contributed by atoms with van der Waals surface area (Å²) in [5.41, 5.74) is 1.94. The van der Waals surface area contributed by atoms with Crippen molar-refractivity contribution in [1.29, 1.82) is 0 Å². The third-order valence-electron chi connectivity index (χ3n) is 2.04. The lowest BCUT2D eigenvalue weighted by Crippen LogP contribution is -2.45. The molecule has 0 heterocycles. The molecule has 1 aromatic carbocycles. The first-order valence-corrected chi connectivity index (χ1v) is 5.72. The second-order valence-electron chi connectivity index (χ2n) is 4.99. The minimum absolute atomic E-state index is 0.247. The number of nitrogens with one attached hydrogen (secondary N) is 1. The maximum absolute atomic E-state index is 12.7. The van der Waals surface area contributed by atoms with Gasteiger partial charge in [-0.3, -0.25) is 10.2 Å². The fraction of sp³-hybridized carbons (Fsp3) is 0.385. The standard InChI is InChI=1S/C13H17FN2O3/c1-13(2,3)19-12(18)16(4)15-11(17)9-5-7-10(14)8-6-9/h5-8H,1-4H3,(H,15,17). The molecule has 0 aromatic heterocycles. The van der Waals surface area contributed by atoms with Crippen molar-refractivity contribution in [2.75, 3.05) is 7.05 Å². The summed E-state index contributed by atoms with van der Waals surface area (Å²) in [6.07, 6.45) is -0.678. The van der Waals surface area contributed by atoms with Crippen LogP contribution in [-0.2, 0) is 4.74 Å². The summed E-state index contributed by atoms with van der Waals surface area (Å²) in [6.45, 7) is 5.17. The van der Waals surface area contributed by atoms with E-state index in [2.05, 4.69) is 5.43 Å². The van der Waals surface area contributed by atoms with Crippen LogP contribution in [0.2, 0.25) is 0 Å². The Morgan fingerprint density at radius 1 is 1.21 bits per heavy atom. The normalized spacial score (nSPS) is 10.8. The van der Waals surface area contributed by atoms with Crippen LogP contribution in [0.3, 0.4) is 0 Å². The van der Waals surface area contributed by atoms with Crippen LogP contribution in [0.5, 0.6) is 0 Å². The van der Waals surface area contributed by atoms with E-state index in [9.17, 15) is 14.0 Å². The number of hydrazine groups is 1. The molecule has 0 bridgehead atoms. The van der Waals surface area contributed by atoms with E-state index in [4.69, 9.17) is 4.74 Å². The number of nitrogens with zero attached hydrogens (tertiary/aromatic N) is 1. The van der Waals surface area contributed by atoms with Crippen LogP contribution in [0.4, 0.5) is 9.18 Å². The van der Waals surface area contributed by atoms with Crippen molar-refractivity contribution in [3.63, 3.8) is 0 Å². The number of rotatable bonds is 1. The first-order chi connectivity index (χ1) is 8.69. The molecule has 0 saturated carbocycles. The number of carbonyl (C=O) groups excluding carboxylic acids is 2. The van der Waals surface area contributed by atoms with E-state index in [-0.39, 0.29) is 5.56 Å². The molecule has 0 fully saturated rings. The third kappa shape index (κ3) is 4.95. The molecule has 2 amide bonds. The third-order valence-corrected chi connectivity index (χ3v) is 2.04. The molecule has 0 unspecified atom stereocenters. The van der Waals surface area contributed by atoms with Gasteiger partial charge in [-0.2, -0.15) is 0 Å². The summed E-state index contributed by atoms with van der Waals surface area (Å²) in [7, 11) is 1.37. The number of hydrogen-bond donors (Lipinski definition) is 1. The van der Waals surface area contributed by atoms with E-state index in [0.717, 1.165) is 5.01 Å². The molecule has 0 aliphatic carbocycles. The Morgan fingerprint density at radius 3 is 2.21 bits per heavy atom. The molecule has 0 saturated heterocycles. The van der Waals surface area contributed by atoms with Crippen LogP contribution in [-0.4, -0.2) is 29.7 Å². The van der Waals surface area contributed by atoms with Gasteiger partial charge in [0.2, 0.25) is 0 Å². The quantitative estimate of drug-likeness (QED) is 0.795. The minimum Gasteiger partial charge on any atom is -0.442 e. The fourth-order valence-corrected chi connectivity index (χ4v) is 1.19. The monoisotopic (exact) mass is 268 g/mol. The lowest BCUT2D eigenvalue weighted by atomic mass is 10.2. The summed E-state index contributed by atoms with van der Waals surface area (Å²) in [5, 5.41) is 0.941. The van der Waals surface area contributed by atoms with Gasteiger partial charge in [-0.25, -0.2) is 14.2 Å². The van der Waals surface area contributed by atoms with Gasteiger partial charge < -0.3 is 4.74 Å². The highest BCUT2D eigenvalue weighted by Gasteiger charge is 2.21. The van der Waals surface area contributed by atoms with Gasteiger partial charge in [0.05, 0.1) is 0 Å². The summed E-state index contributed by atoms with van der Waals surface area (Å²) < 4.78 is 17.8. The van der Waals surface area contributed by atoms with Crippen LogP contribution in [0, 0.1) is 5.82 Å². The van der Waals surface area contributed by atoms with Gasteiger partial charge in [-0.05, 0) is 45.0 Å². The highest BCUT2D eigenvalue weighted by molar-refractivity contribution is 5.94. The lowest BCUT2D eigenvalue weighted by molar-refractivity contribution is 0.0195. The Balaban J connectivity index is 2.61. The Labute approximate surface area is 111 Å². The van der Waals surface area contributed by atoms with E-state index < -0.39 is 23.4 Å². The van der Waals surface area contributed by atoms with E-state index in [1.165, 1.54) is 31.3 Å². The highest BCUT2D eigenvalue weighted by Crippen LogP contribution is 2.08. The van der Waals surface area contributed by atoms with Gasteiger partial charge in [-0.1, -0.05) is 0 Å². The van der Waals surface area contributed by atoms with Gasteiger partial charge in [0.25, 0.3) is 5.91 Å². The van der Waals surface area contributed by atoms with Gasteiger partial charge in [0.15, 0.2) is 0 Å². The van der Waals surface area contributed by atoms with Crippen molar-refractivity contribution < 1.29 is 18.7 Å². The summed E-state index contributed by atoms with van der Waals surface area (Å²) in [4.78, 5) is 23.4. The Bertz CT molecular complexity index is 466. The van der Waals surface area contributed by atoms with Crippen molar-refractivity contribution in [3.8, 4) is 0 Å². The minimum atomic E-state index is -0.678. The number of carbonyl (C=O) groups is 2. The Kier molecular flexibility index (Phi) is 4.47. The van der Waals surface area contributed by atoms with Crippen LogP contribution >= 0.6 is 0 Å². The number of hydrogen-bond acceptors (Lipinski definition) is 3. The van der Waals surface area contributed by atoms with Gasteiger partial charge >= 0.3 is 6.09 Å². The molecular formula is C13H17FN2O3. The average molecular weight is 268 g/mol. The first kappa shape index (κ1) is 14.9. The topological polar surface area (TPSA) is 58.6 Å². The van der Waals surface area contributed by atoms with Gasteiger partial charge in [-0.15, -0.1) is 0 Å². The predicted molar refractivity (Wildman–Crippen MR) is 67.9 cm³/mol. The number of amides is 2. The summed E-state index contributed by atoms with van der Waals surface area (Å²) in [6, 6.07) is 4.99. The highest BCUT2D eigenvalue weighted by atomic mass is 19.1. The number of benzene rings is 1. The van der Waals surface area contributed by atoms with Gasteiger partial charge in [0, 0.05) is 12.6 Å². The van der Waals surface area contributed by atoms with Crippen molar-refractivity contribution in [1.82, 2.24) is 10.4 Å². The number of halogens is 1. The maximum atomic E-state index is 12.7. The van der Waals surface area contributed by atoms with Crippen LogP contribution in [0.25, 0.3) is 0 Å². The molecule has 0 radical (unpaired) electrons. The van der Waals surface area contributed by atoms with E-state index in [1.807, 2.05) is 0 Å². The van der Waals surface area contributed by atoms with Crippen LogP contribution in [0.15, 0.2) is 24.3 Å².